The normalized spacial score (nSPS) is 16.6. The number of nitrogens with zero attached hydrogens (tertiary/aromatic N) is 2. The first-order valence-corrected chi connectivity index (χ1v) is 6.15. The lowest BCUT2D eigenvalue weighted by Gasteiger charge is -2.33. The molecule has 0 aromatic carbocycles. The number of carbonyl (C=O) groups is 1. The van der Waals surface area contributed by atoms with Crippen molar-refractivity contribution in [2.75, 3.05) is 23.4 Å². The molecule has 98 valence electrons. The molecule has 0 spiro atoms. The Labute approximate surface area is 106 Å². The summed E-state index contributed by atoms with van der Waals surface area (Å²) in [7, 11) is 0. The number of nitrogens with one attached hydrogen (secondary N) is 1. The van der Waals surface area contributed by atoms with Gasteiger partial charge >= 0.3 is 0 Å². The molecule has 1 fully saturated rings. The van der Waals surface area contributed by atoms with Gasteiger partial charge in [0.2, 0.25) is 5.91 Å². The van der Waals surface area contributed by atoms with Crippen LogP contribution in [0.4, 0.5) is 11.5 Å². The molecule has 1 amide bonds. The Balaban J connectivity index is 1.94. The molecular weight excluding hydrogens is 230 g/mol. The van der Waals surface area contributed by atoms with E-state index in [1.165, 1.54) is 0 Å². The van der Waals surface area contributed by atoms with Gasteiger partial charge in [0.05, 0.1) is 0 Å². The lowest BCUT2D eigenvalue weighted by molar-refractivity contribution is -0.119. The van der Waals surface area contributed by atoms with Crippen LogP contribution in [-0.2, 0) is 4.79 Å². The first-order chi connectivity index (χ1) is 8.69. The molecule has 2 heterocycles. The van der Waals surface area contributed by atoms with Crippen LogP contribution in [0.1, 0.15) is 19.3 Å². The smallest absolute Gasteiger partial charge is 0.217 e. The number of hydrogen-bond acceptors (Lipinski definition) is 5. The Morgan fingerprint density at radius 3 is 2.83 bits per heavy atom. The van der Waals surface area contributed by atoms with E-state index < -0.39 is 0 Å². The number of aromatic nitrogens is 1. The largest absolute Gasteiger partial charge is 0.371 e. The third-order valence-electron chi connectivity index (χ3n) is 3.36. The summed E-state index contributed by atoms with van der Waals surface area (Å²) in [4.78, 5) is 17.2. The minimum atomic E-state index is -0.202. The van der Waals surface area contributed by atoms with Crippen molar-refractivity contribution in [1.82, 2.24) is 4.98 Å². The number of amides is 1. The van der Waals surface area contributed by atoms with Crippen LogP contribution in [0.3, 0.4) is 0 Å². The van der Waals surface area contributed by atoms with E-state index in [9.17, 15) is 4.79 Å². The summed E-state index contributed by atoms with van der Waals surface area (Å²) in [5.41, 5.74) is 8.87. The number of rotatable bonds is 4. The van der Waals surface area contributed by atoms with Gasteiger partial charge in [-0.25, -0.2) is 10.8 Å². The molecule has 6 heteroatoms. The van der Waals surface area contributed by atoms with Crippen LogP contribution in [0, 0.1) is 5.92 Å². The molecule has 0 atom stereocenters. The molecule has 6 nitrogen and oxygen atoms in total. The van der Waals surface area contributed by atoms with Gasteiger partial charge < -0.3 is 16.1 Å². The van der Waals surface area contributed by atoms with Gasteiger partial charge in [-0.1, -0.05) is 0 Å². The van der Waals surface area contributed by atoms with Crippen molar-refractivity contribution in [1.29, 1.82) is 0 Å². The van der Waals surface area contributed by atoms with Crippen molar-refractivity contribution >= 4 is 17.4 Å². The number of nitrogen functional groups attached to an aromatic ring is 1. The first kappa shape index (κ1) is 12.6. The lowest BCUT2D eigenvalue weighted by atomic mass is 9.93. The maximum atomic E-state index is 10.9. The molecule has 0 aliphatic carbocycles. The Kier molecular flexibility index (Phi) is 3.99. The molecular formula is C12H19N5O. The van der Waals surface area contributed by atoms with Crippen molar-refractivity contribution in [2.45, 2.75) is 19.3 Å². The number of pyridine rings is 1. The van der Waals surface area contributed by atoms with Crippen molar-refractivity contribution in [3.8, 4) is 0 Å². The standard InChI is InChI=1S/C12H19N5O/c13-11(18)7-9-2-5-17(6-3-9)10-1-4-15-12(8-10)16-14/h1,4,8-9H,2-3,5-7,14H2,(H2,13,18)(H,15,16). The van der Waals surface area contributed by atoms with Crippen LogP contribution >= 0.6 is 0 Å². The second-order valence-corrected chi connectivity index (χ2v) is 4.64. The quantitative estimate of drug-likeness (QED) is 0.532. The van der Waals surface area contributed by atoms with Gasteiger partial charge in [0.25, 0.3) is 0 Å². The van der Waals surface area contributed by atoms with E-state index in [0.717, 1.165) is 31.6 Å². The average molecular weight is 249 g/mol. The summed E-state index contributed by atoms with van der Waals surface area (Å²) in [6.45, 7) is 1.87. The predicted molar refractivity (Wildman–Crippen MR) is 70.8 cm³/mol. The van der Waals surface area contributed by atoms with E-state index in [4.69, 9.17) is 11.6 Å². The molecule has 5 N–H and O–H groups in total. The number of anilines is 2. The summed E-state index contributed by atoms with van der Waals surface area (Å²) in [6, 6.07) is 3.89. The second-order valence-electron chi connectivity index (χ2n) is 4.64. The molecule has 18 heavy (non-hydrogen) atoms. The molecule has 0 radical (unpaired) electrons. The Morgan fingerprint density at radius 1 is 1.50 bits per heavy atom. The molecule has 1 aromatic rings. The van der Waals surface area contributed by atoms with Gasteiger partial charge in [-0.3, -0.25) is 4.79 Å². The summed E-state index contributed by atoms with van der Waals surface area (Å²) in [5.74, 6) is 6.22. The van der Waals surface area contributed by atoms with Crippen molar-refractivity contribution in [3.05, 3.63) is 18.3 Å². The average Bonchev–Trinajstić information content (AvgIpc) is 2.39. The number of piperidine rings is 1. The van der Waals surface area contributed by atoms with E-state index >= 15 is 0 Å². The predicted octanol–water partition coefficient (Wildman–Crippen LogP) is 0.459. The van der Waals surface area contributed by atoms with Gasteiger partial charge in [-0.15, -0.1) is 0 Å². The maximum Gasteiger partial charge on any atom is 0.217 e. The Morgan fingerprint density at radius 2 is 2.22 bits per heavy atom. The number of hydrazine groups is 1. The van der Waals surface area contributed by atoms with Gasteiger partial charge in [-0.2, -0.15) is 0 Å². The highest BCUT2D eigenvalue weighted by molar-refractivity contribution is 5.74. The summed E-state index contributed by atoms with van der Waals surface area (Å²) in [5, 5.41) is 0. The zero-order valence-corrected chi connectivity index (χ0v) is 10.3. The number of nitrogens with two attached hydrogens (primary N) is 2. The number of carbonyl (C=O) groups excluding carboxylic acids is 1. The molecule has 1 saturated heterocycles. The third-order valence-corrected chi connectivity index (χ3v) is 3.36. The van der Waals surface area contributed by atoms with Crippen LogP contribution in [0.5, 0.6) is 0 Å². The highest BCUT2D eigenvalue weighted by Gasteiger charge is 2.20. The molecule has 1 aliphatic heterocycles. The summed E-state index contributed by atoms with van der Waals surface area (Å²) >= 11 is 0. The van der Waals surface area contributed by atoms with Gasteiger partial charge in [0.1, 0.15) is 5.82 Å². The minimum Gasteiger partial charge on any atom is -0.371 e. The van der Waals surface area contributed by atoms with Crippen LogP contribution in [-0.4, -0.2) is 24.0 Å². The van der Waals surface area contributed by atoms with Crippen molar-refractivity contribution < 1.29 is 4.79 Å². The zero-order chi connectivity index (χ0) is 13.0. The fourth-order valence-corrected chi connectivity index (χ4v) is 2.37. The second kappa shape index (κ2) is 5.68. The highest BCUT2D eigenvalue weighted by atomic mass is 16.1. The third kappa shape index (κ3) is 3.10. The topological polar surface area (TPSA) is 97.3 Å². The maximum absolute atomic E-state index is 10.9. The Hall–Kier alpha value is -1.82. The van der Waals surface area contributed by atoms with Gasteiger partial charge in [0, 0.05) is 37.5 Å². The monoisotopic (exact) mass is 249 g/mol. The van der Waals surface area contributed by atoms with E-state index in [2.05, 4.69) is 15.3 Å². The van der Waals surface area contributed by atoms with Crippen LogP contribution in [0.2, 0.25) is 0 Å². The fraction of sp³-hybridized carbons (Fsp3) is 0.500. The van der Waals surface area contributed by atoms with Gasteiger partial charge in [0.15, 0.2) is 0 Å². The molecule has 0 unspecified atom stereocenters. The molecule has 0 saturated carbocycles. The van der Waals surface area contributed by atoms with E-state index in [0.29, 0.717) is 18.2 Å². The number of primary amides is 1. The highest BCUT2D eigenvalue weighted by Crippen LogP contribution is 2.25. The molecule has 1 aliphatic rings. The molecule has 2 rings (SSSR count). The fourth-order valence-electron chi connectivity index (χ4n) is 2.37. The summed E-state index contributed by atoms with van der Waals surface area (Å²) < 4.78 is 0. The summed E-state index contributed by atoms with van der Waals surface area (Å²) in [6.07, 6.45) is 4.23. The van der Waals surface area contributed by atoms with Crippen LogP contribution in [0.25, 0.3) is 0 Å². The minimum absolute atomic E-state index is 0.202. The number of hydrogen-bond donors (Lipinski definition) is 3. The van der Waals surface area contributed by atoms with Crippen LogP contribution < -0.4 is 21.9 Å². The molecule has 0 bridgehead atoms. The van der Waals surface area contributed by atoms with E-state index in [-0.39, 0.29) is 5.91 Å². The van der Waals surface area contributed by atoms with Crippen molar-refractivity contribution in [2.24, 2.45) is 17.5 Å². The van der Waals surface area contributed by atoms with Crippen LogP contribution in [0.15, 0.2) is 18.3 Å². The Bertz CT molecular complexity index is 415. The first-order valence-electron chi connectivity index (χ1n) is 6.15. The van der Waals surface area contributed by atoms with E-state index in [1.807, 2.05) is 12.1 Å². The molecule has 1 aromatic heterocycles. The van der Waals surface area contributed by atoms with Gasteiger partial charge in [-0.05, 0) is 24.8 Å². The lowest BCUT2D eigenvalue weighted by Crippen LogP contribution is -2.35. The SMILES string of the molecule is NNc1cc(N2CCC(CC(N)=O)CC2)ccn1. The van der Waals surface area contributed by atoms with E-state index in [1.54, 1.807) is 6.20 Å². The van der Waals surface area contributed by atoms with Crippen molar-refractivity contribution in [3.63, 3.8) is 0 Å². The zero-order valence-electron chi connectivity index (χ0n) is 10.3.